The minimum Gasteiger partial charge on any atom is -0.454 e. The lowest BCUT2D eigenvalue weighted by Crippen LogP contribution is -2.33. The van der Waals surface area contributed by atoms with E-state index in [1.165, 1.54) is 23.9 Å². The maximum Gasteiger partial charge on any atom is 0.265 e. The zero-order valence-electron chi connectivity index (χ0n) is 20.7. The molecule has 0 aliphatic carbocycles. The van der Waals surface area contributed by atoms with Crippen molar-refractivity contribution >= 4 is 35.3 Å². The van der Waals surface area contributed by atoms with Crippen molar-refractivity contribution in [1.82, 2.24) is 5.32 Å². The van der Waals surface area contributed by atoms with Gasteiger partial charge in [-0.05, 0) is 71.3 Å². The number of carbonyl (C=O) groups is 2. The largest absolute Gasteiger partial charge is 0.454 e. The van der Waals surface area contributed by atoms with Crippen LogP contribution in [0.15, 0.2) is 101 Å². The van der Waals surface area contributed by atoms with Crippen LogP contribution in [0, 0.1) is 5.82 Å². The summed E-state index contributed by atoms with van der Waals surface area (Å²) in [4.78, 5) is 29.5. The molecule has 0 atom stereocenters. The number of halogens is 1. The molecule has 39 heavy (non-hydrogen) atoms. The number of thioether (sulfide) groups is 1. The number of hydrogen-bond acceptors (Lipinski definition) is 5. The van der Waals surface area contributed by atoms with Gasteiger partial charge in [0.25, 0.3) is 11.8 Å². The van der Waals surface area contributed by atoms with E-state index in [0.29, 0.717) is 35.1 Å². The number of anilines is 1. The smallest absolute Gasteiger partial charge is 0.265 e. The first kappa shape index (κ1) is 24.8. The Balaban J connectivity index is 1.17. The van der Waals surface area contributed by atoms with Crippen LogP contribution in [0.1, 0.15) is 27.0 Å². The van der Waals surface area contributed by atoms with Gasteiger partial charge in [0, 0.05) is 17.0 Å². The van der Waals surface area contributed by atoms with Crippen LogP contribution in [0.5, 0.6) is 11.5 Å². The van der Waals surface area contributed by atoms with Crippen LogP contribution in [0.2, 0.25) is 0 Å². The number of fused-ring (bicyclic) bond motifs is 2. The minimum absolute atomic E-state index is 0.131. The van der Waals surface area contributed by atoms with E-state index in [-0.39, 0.29) is 24.4 Å². The van der Waals surface area contributed by atoms with Gasteiger partial charge in [-0.2, -0.15) is 0 Å². The van der Waals surface area contributed by atoms with Crippen molar-refractivity contribution in [3.05, 3.63) is 124 Å². The molecule has 0 saturated carbocycles. The van der Waals surface area contributed by atoms with Crippen LogP contribution >= 0.6 is 11.8 Å². The molecular formula is C31H23FN2O4S. The van der Waals surface area contributed by atoms with Crippen molar-refractivity contribution in [1.29, 1.82) is 0 Å². The summed E-state index contributed by atoms with van der Waals surface area (Å²) < 4.78 is 24.1. The highest BCUT2D eigenvalue weighted by Gasteiger charge is 2.29. The second-order valence-electron chi connectivity index (χ2n) is 9.09. The van der Waals surface area contributed by atoms with E-state index in [0.717, 1.165) is 27.3 Å². The van der Waals surface area contributed by atoms with E-state index in [9.17, 15) is 14.0 Å². The molecule has 2 heterocycles. The highest BCUT2D eigenvalue weighted by Crippen LogP contribution is 2.42. The second-order valence-corrected chi connectivity index (χ2v) is 10.2. The predicted octanol–water partition coefficient (Wildman–Crippen LogP) is 6.16. The average Bonchev–Trinajstić information content (AvgIpc) is 3.43. The van der Waals surface area contributed by atoms with Crippen LogP contribution < -0.4 is 19.7 Å². The van der Waals surface area contributed by atoms with E-state index in [1.807, 2.05) is 60.7 Å². The standard InChI is InChI=1S/C31H23FN2O4S/c32-24-12-7-21(8-13-24)18-34-25-3-1-2-4-28(25)39-29(31(34)36)16-20-5-10-23(11-6-20)30(35)33-17-22-9-14-26-27(15-22)38-19-37-26/h1-16H,17-19H2,(H,33,35). The Morgan fingerprint density at radius 1 is 0.923 bits per heavy atom. The van der Waals surface area contributed by atoms with Gasteiger partial charge in [0.05, 0.1) is 17.1 Å². The summed E-state index contributed by atoms with van der Waals surface area (Å²) in [6.45, 7) is 0.892. The molecule has 4 aromatic rings. The molecule has 194 valence electrons. The van der Waals surface area contributed by atoms with Crippen molar-refractivity contribution in [2.75, 3.05) is 11.7 Å². The summed E-state index contributed by atoms with van der Waals surface area (Å²) in [6.07, 6.45) is 1.83. The van der Waals surface area contributed by atoms with E-state index in [1.54, 1.807) is 29.2 Å². The van der Waals surface area contributed by atoms with Gasteiger partial charge in [0.2, 0.25) is 6.79 Å². The average molecular weight is 539 g/mol. The fraction of sp³-hybridized carbons (Fsp3) is 0.0968. The normalized spacial score (nSPS) is 14.8. The Kier molecular flexibility index (Phi) is 6.77. The van der Waals surface area contributed by atoms with E-state index >= 15 is 0 Å². The van der Waals surface area contributed by atoms with Gasteiger partial charge in [-0.25, -0.2) is 4.39 Å². The lowest BCUT2D eigenvalue weighted by atomic mass is 10.1. The molecule has 2 aliphatic rings. The maximum atomic E-state index is 13.5. The zero-order chi connectivity index (χ0) is 26.8. The van der Waals surface area contributed by atoms with E-state index in [4.69, 9.17) is 9.47 Å². The molecule has 0 radical (unpaired) electrons. The molecule has 0 bridgehead atoms. The Hall–Kier alpha value is -4.56. The van der Waals surface area contributed by atoms with Crippen LogP contribution in [0.25, 0.3) is 6.08 Å². The number of carbonyl (C=O) groups excluding carboxylic acids is 2. The fourth-order valence-corrected chi connectivity index (χ4v) is 5.47. The SMILES string of the molecule is O=C(NCc1ccc2c(c1)OCO2)c1ccc(C=C2Sc3ccccc3N(Cc3ccc(F)cc3)C2=O)cc1. The summed E-state index contributed by atoms with van der Waals surface area (Å²) in [7, 11) is 0. The van der Waals surface area contributed by atoms with Gasteiger partial charge in [0.15, 0.2) is 11.5 Å². The first-order valence-corrected chi connectivity index (χ1v) is 13.2. The molecular weight excluding hydrogens is 515 g/mol. The van der Waals surface area contributed by atoms with Gasteiger partial charge in [0.1, 0.15) is 5.82 Å². The molecule has 0 spiro atoms. The summed E-state index contributed by atoms with van der Waals surface area (Å²) in [6, 6.07) is 26.6. The molecule has 0 unspecified atom stereocenters. The number of benzene rings is 4. The number of ether oxygens (including phenoxy) is 2. The number of nitrogens with zero attached hydrogens (tertiary/aromatic N) is 1. The predicted molar refractivity (Wildman–Crippen MR) is 148 cm³/mol. The van der Waals surface area contributed by atoms with Crippen molar-refractivity contribution in [3.63, 3.8) is 0 Å². The third-order valence-electron chi connectivity index (χ3n) is 6.45. The minimum atomic E-state index is -0.315. The van der Waals surface area contributed by atoms with Gasteiger partial charge in [-0.3, -0.25) is 9.59 Å². The Morgan fingerprint density at radius 2 is 1.67 bits per heavy atom. The first-order valence-electron chi connectivity index (χ1n) is 12.4. The molecule has 0 aromatic heterocycles. The van der Waals surface area contributed by atoms with Crippen molar-refractivity contribution < 1.29 is 23.5 Å². The Morgan fingerprint density at radius 3 is 2.49 bits per heavy atom. The van der Waals surface area contributed by atoms with Crippen molar-refractivity contribution in [2.45, 2.75) is 18.0 Å². The van der Waals surface area contributed by atoms with Crippen molar-refractivity contribution in [3.8, 4) is 11.5 Å². The van der Waals surface area contributed by atoms with Crippen LogP contribution in [-0.4, -0.2) is 18.6 Å². The molecule has 4 aromatic carbocycles. The molecule has 6 nitrogen and oxygen atoms in total. The molecule has 1 N–H and O–H groups in total. The lowest BCUT2D eigenvalue weighted by Gasteiger charge is -2.30. The van der Waals surface area contributed by atoms with Gasteiger partial charge >= 0.3 is 0 Å². The van der Waals surface area contributed by atoms with Crippen molar-refractivity contribution in [2.24, 2.45) is 0 Å². The molecule has 8 heteroatoms. The zero-order valence-corrected chi connectivity index (χ0v) is 21.5. The van der Waals surface area contributed by atoms with Gasteiger partial charge in [-0.1, -0.05) is 54.2 Å². The van der Waals surface area contributed by atoms with Crippen LogP contribution in [0.4, 0.5) is 10.1 Å². The third kappa shape index (κ3) is 5.37. The molecule has 2 amide bonds. The summed E-state index contributed by atoms with van der Waals surface area (Å²) in [5.41, 5.74) is 3.89. The molecule has 0 fully saturated rings. The molecule has 2 aliphatic heterocycles. The third-order valence-corrected chi connectivity index (χ3v) is 7.52. The summed E-state index contributed by atoms with van der Waals surface area (Å²) in [5, 5.41) is 2.92. The Labute approximate surface area is 229 Å². The molecule has 6 rings (SSSR count). The Bertz CT molecular complexity index is 1590. The number of rotatable bonds is 6. The fourth-order valence-electron chi connectivity index (χ4n) is 4.41. The highest BCUT2D eigenvalue weighted by atomic mass is 32.2. The quantitative estimate of drug-likeness (QED) is 0.298. The number of nitrogens with one attached hydrogen (secondary N) is 1. The monoisotopic (exact) mass is 538 g/mol. The second kappa shape index (κ2) is 10.7. The topological polar surface area (TPSA) is 67.9 Å². The van der Waals surface area contributed by atoms with Gasteiger partial charge < -0.3 is 19.7 Å². The highest BCUT2D eigenvalue weighted by molar-refractivity contribution is 8.04. The van der Waals surface area contributed by atoms with Gasteiger partial charge in [-0.15, -0.1) is 0 Å². The number of hydrogen-bond donors (Lipinski definition) is 1. The summed E-state index contributed by atoms with van der Waals surface area (Å²) >= 11 is 1.41. The lowest BCUT2D eigenvalue weighted by molar-refractivity contribution is -0.114. The first-order chi connectivity index (χ1) is 19.0. The van der Waals surface area contributed by atoms with E-state index < -0.39 is 0 Å². The summed E-state index contributed by atoms with van der Waals surface area (Å²) in [5.74, 6) is 0.730. The number of amides is 2. The van der Waals surface area contributed by atoms with Crippen LogP contribution in [-0.2, 0) is 17.9 Å². The van der Waals surface area contributed by atoms with Crippen LogP contribution in [0.3, 0.4) is 0 Å². The molecule has 0 saturated heterocycles. The van der Waals surface area contributed by atoms with E-state index in [2.05, 4.69) is 5.32 Å². The number of para-hydroxylation sites is 1. The maximum absolute atomic E-state index is 13.5.